The molecule has 5 aliphatic rings. The fraction of sp³-hybridized carbons (Fsp3) is 0.786. The summed E-state index contributed by atoms with van der Waals surface area (Å²) < 4.78 is 33.0. The predicted molar refractivity (Wildman–Crippen MR) is 129 cm³/mol. The van der Waals surface area contributed by atoms with Gasteiger partial charge in [-0.25, -0.2) is 8.78 Å². The monoisotopic (exact) mass is 507 g/mol. The van der Waals surface area contributed by atoms with Gasteiger partial charge in [-0.15, -0.1) is 0 Å². The van der Waals surface area contributed by atoms with Crippen molar-refractivity contribution < 1.29 is 33.4 Å². The maximum Gasteiger partial charge on any atom is 0.192 e. The van der Waals surface area contributed by atoms with Gasteiger partial charge in [-0.05, 0) is 62.2 Å². The summed E-state index contributed by atoms with van der Waals surface area (Å²) in [5.41, 5.74) is -5.98. The number of hydroxylamine groups is 2. The Kier molecular flexibility index (Phi) is 6.00. The van der Waals surface area contributed by atoms with Gasteiger partial charge in [0.25, 0.3) is 0 Å². The molecule has 2 N–H and O–H groups in total. The number of Topliss-reactive ketones (excluding diaryl/α,β-unsaturated/α-hetero) is 1. The summed E-state index contributed by atoms with van der Waals surface area (Å²) in [5.74, 6) is -2.18. The van der Waals surface area contributed by atoms with Crippen molar-refractivity contribution in [3.05, 3.63) is 23.8 Å². The number of hydrogen-bond donors (Lipinski definition) is 2. The van der Waals surface area contributed by atoms with Gasteiger partial charge in [0.2, 0.25) is 0 Å². The molecule has 8 heteroatoms. The molecule has 0 aromatic heterocycles. The molecule has 36 heavy (non-hydrogen) atoms. The van der Waals surface area contributed by atoms with Gasteiger partial charge in [-0.3, -0.25) is 14.4 Å². The van der Waals surface area contributed by atoms with Crippen molar-refractivity contribution in [3.8, 4) is 0 Å². The molecule has 4 aliphatic carbocycles. The highest BCUT2D eigenvalue weighted by molar-refractivity contribution is 6.01. The Morgan fingerprint density at radius 2 is 1.97 bits per heavy atom. The Morgan fingerprint density at radius 3 is 2.58 bits per heavy atom. The highest BCUT2D eigenvalue weighted by Crippen LogP contribution is 2.72. The standard InChI is InChI=1S/C28H39F2NO5/c1-6-22(15(2)3)31-13-16-9-18-19-11-21(29)20-10-17(33)7-8-25(20,4)27(19,30)23(34)12-26(18,5)28(16,36-31)24(35)14-32/h7-8,10,15-16,18-19,21-23,32,34H,6,9,11-14H2,1-5H3/t16-,18-,19-,21-,22?,23-,25-,26?,27-,28-/m0/s1. The fourth-order valence-electron chi connectivity index (χ4n) is 9.10. The van der Waals surface area contributed by atoms with E-state index >= 15 is 8.78 Å². The summed E-state index contributed by atoms with van der Waals surface area (Å²) in [5, 5.41) is 23.5. The van der Waals surface area contributed by atoms with E-state index in [2.05, 4.69) is 20.8 Å². The van der Waals surface area contributed by atoms with E-state index in [0.29, 0.717) is 13.0 Å². The third-order valence-corrected chi connectivity index (χ3v) is 10.8. The molecule has 2 unspecified atom stereocenters. The van der Waals surface area contributed by atoms with Gasteiger partial charge in [-0.1, -0.05) is 33.8 Å². The van der Waals surface area contributed by atoms with Crippen LogP contribution in [0, 0.1) is 34.5 Å². The van der Waals surface area contributed by atoms with Crippen molar-refractivity contribution in [1.29, 1.82) is 0 Å². The molecular formula is C28H39F2NO5. The molecule has 1 heterocycles. The SMILES string of the molecule is CCC(C(C)C)N1C[C@@H]2C[C@H]3[C@@H]4C[C@H](F)C5=CC(=O)C=C[C@]5(C)[C@@]4(F)[C@@H](O)CC3(C)[C@]2(C(=O)CO)O1. The van der Waals surface area contributed by atoms with Crippen LogP contribution in [0.4, 0.5) is 8.78 Å². The second-order valence-corrected chi connectivity index (χ2v) is 12.5. The highest BCUT2D eigenvalue weighted by Gasteiger charge is 2.79. The maximum atomic E-state index is 17.4. The predicted octanol–water partition coefficient (Wildman–Crippen LogP) is 3.51. The van der Waals surface area contributed by atoms with Crippen molar-refractivity contribution in [1.82, 2.24) is 5.06 Å². The second-order valence-electron chi connectivity index (χ2n) is 12.5. The first-order chi connectivity index (χ1) is 16.8. The van der Waals surface area contributed by atoms with E-state index < -0.39 is 58.6 Å². The lowest BCUT2D eigenvalue weighted by Crippen LogP contribution is -2.70. The smallest absolute Gasteiger partial charge is 0.192 e. The average molecular weight is 508 g/mol. The molecule has 0 bridgehead atoms. The molecule has 1 aliphatic heterocycles. The number of allylic oxidation sites excluding steroid dienone is 4. The van der Waals surface area contributed by atoms with E-state index in [4.69, 9.17) is 4.84 Å². The van der Waals surface area contributed by atoms with Crippen LogP contribution in [0.3, 0.4) is 0 Å². The minimum atomic E-state index is -2.20. The number of carbonyl (C=O) groups is 2. The summed E-state index contributed by atoms with van der Waals surface area (Å²) in [6, 6.07) is 0.0659. The van der Waals surface area contributed by atoms with Crippen LogP contribution in [-0.2, 0) is 14.4 Å². The quantitative estimate of drug-likeness (QED) is 0.592. The van der Waals surface area contributed by atoms with Gasteiger partial charge in [0.05, 0.1) is 6.10 Å². The number of aliphatic hydroxyl groups is 2. The molecule has 10 atom stereocenters. The zero-order chi connectivity index (χ0) is 26.4. The number of ketones is 2. The van der Waals surface area contributed by atoms with E-state index in [0.717, 1.165) is 6.42 Å². The third kappa shape index (κ3) is 2.96. The van der Waals surface area contributed by atoms with Crippen molar-refractivity contribution in [2.45, 2.75) is 89.9 Å². The van der Waals surface area contributed by atoms with Gasteiger partial charge < -0.3 is 10.2 Å². The minimum absolute atomic E-state index is 0.0547. The zero-order valence-electron chi connectivity index (χ0n) is 21.8. The van der Waals surface area contributed by atoms with Crippen LogP contribution in [0.1, 0.15) is 60.3 Å². The van der Waals surface area contributed by atoms with Crippen molar-refractivity contribution in [2.75, 3.05) is 13.2 Å². The second kappa shape index (κ2) is 8.26. The summed E-state index contributed by atoms with van der Waals surface area (Å²) in [6.07, 6.45) is 1.87. The zero-order valence-corrected chi connectivity index (χ0v) is 21.8. The van der Waals surface area contributed by atoms with Crippen LogP contribution in [0.5, 0.6) is 0 Å². The number of carbonyl (C=O) groups excluding carboxylic acids is 2. The summed E-state index contributed by atoms with van der Waals surface area (Å²) in [7, 11) is 0. The lowest BCUT2D eigenvalue weighted by atomic mass is 9.44. The van der Waals surface area contributed by atoms with Crippen LogP contribution in [-0.4, -0.2) is 69.6 Å². The first-order valence-corrected chi connectivity index (χ1v) is 13.4. The van der Waals surface area contributed by atoms with Crippen LogP contribution in [0.15, 0.2) is 23.8 Å². The van der Waals surface area contributed by atoms with E-state index in [1.165, 1.54) is 18.2 Å². The van der Waals surface area contributed by atoms with E-state index in [1.54, 1.807) is 6.92 Å². The van der Waals surface area contributed by atoms with Crippen molar-refractivity contribution in [2.24, 2.45) is 34.5 Å². The van der Waals surface area contributed by atoms with Crippen LogP contribution in [0.2, 0.25) is 0 Å². The Hall–Kier alpha value is -1.48. The Labute approximate surface area is 211 Å². The molecule has 6 nitrogen and oxygen atoms in total. The molecule has 0 aromatic rings. The lowest BCUT2D eigenvalue weighted by molar-refractivity contribution is -0.278. The molecule has 0 aromatic carbocycles. The molecular weight excluding hydrogens is 468 g/mol. The Morgan fingerprint density at radius 1 is 1.28 bits per heavy atom. The Balaban J connectivity index is 1.60. The van der Waals surface area contributed by atoms with Gasteiger partial charge in [0.15, 0.2) is 22.8 Å². The first kappa shape index (κ1) is 26.1. The molecule has 3 saturated carbocycles. The minimum Gasteiger partial charge on any atom is -0.390 e. The van der Waals surface area contributed by atoms with E-state index in [-0.39, 0.29) is 42.1 Å². The van der Waals surface area contributed by atoms with E-state index in [9.17, 15) is 19.8 Å². The number of aliphatic hydroxyl groups excluding tert-OH is 2. The number of alkyl halides is 2. The number of fused-ring (bicyclic) bond motifs is 7. The van der Waals surface area contributed by atoms with Crippen LogP contribution >= 0.6 is 0 Å². The molecule has 0 radical (unpaired) electrons. The molecule has 5 rings (SSSR count). The number of nitrogens with zero attached hydrogens (tertiary/aromatic N) is 1. The maximum absolute atomic E-state index is 17.4. The molecule has 4 fully saturated rings. The number of halogens is 2. The van der Waals surface area contributed by atoms with Crippen LogP contribution < -0.4 is 0 Å². The summed E-state index contributed by atoms with van der Waals surface area (Å²) >= 11 is 0. The fourth-order valence-corrected chi connectivity index (χ4v) is 9.10. The average Bonchev–Trinajstić information content (AvgIpc) is 3.30. The first-order valence-electron chi connectivity index (χ1n) is 13.4. The highest BCUT2D eigenvalue weighted by atomic mass is 19.1. The van der Waals surface area contributed by atoms with Crippen molar-refractivity contribution >= 4 is 11.6 Å². The summed E-state index contributed by atoms with van der Waals surface area (Å²) in [6.45, 7) is 9.43. The normalized spacial score (nSPS) is 48.8. The topological polar surface area (TPSA) is 87.1 Å². The molecule has 0 amide bonds. The van der Waals surface area contributed by atoms with Gasteiger partial charge in [0.1, 0.15) is 12.8 Å². The van der Waals surface area contributed by atoms with Gasteiger partial charge >= 0.3 is 0 Å². The number of rotatable bonds is 5. The summed E-state index contributed by atoms with van der Waals surface area (Å²) in [4.78, 5) is 32.1. The van der Waals surface area contributed by atoms with Crippen LogP contribution in [0.25, 0.3) is 0 Å². The Bertz CT molecular complexity index is 1030. The molecule has 0 spiro atoms. The number of hydrogen-bond acceptors (Lipinski definition) is 6. The van der Waals surface area contributed by atoms with Gasteiger partial charge in [0, 0.05) is 35.3 Å². The molecule has 1 saturated heterocycles. The third-order valence-electron chi connectivity index (χ3n) is 10.8. The van der Waals surface area contributed by atoms with Gasteiger partial charge in [-0.2, -0.15) is 5.06 Å². The van der Waals surface area contributed by atoms with Crippen molar-refractivity contribution in [3.63, 3.8) is 0 Å². The molecule has 200 valence electrons. The van der Waals surface area contributed by atoms with E-state index in [1.807, 2.05) is 12.0 Å². The lowest BCUT2D eigenvalue weighted by Gasteiger charge is -2.63. The largest absolute Gasteiger partial charge is 0.390 e.